The maximum absolute atomic E-state index is 11.5. The van der Waals surface area contributed by atoms with Gasteiger partial charge in [0.05, 0.1) is 25.7 Å². The Bertz CT molecular complexity index is 181. The summed E-state index contributed by atoms with van der Waals surface area (Å²) in [6.45, 7) is 2.66. The first-order chi connectivity index (χ1) is 6.74. The average Bonchev–Trinajstić information content (AvgIpc) is 2.19. The number of likely N-dealkylation sites (N-methyl/N-ethyl adjacent to an activating group) is 1. The van der Waals surface area contributed by atoms with Crippen LogP contribution in [0.4, 0.5) is 0 Å². The number of nitrogens with one attached hydrogen (secondary N) is 1. The lowest BCUT2D eigenvalue weighted by atomic mass is 10.2. The van der Waals surface area contributed by atoms with Gasteiger partial charge in [0.15, 0.2) is 0 Å². The number of amides is 1. The van der Waals surface area contributed by atoms with Crippen LogP contribution in [0, 0.1) is 0 Å². The Kier molecular flexibility index (Phi) is 4.86. The van der Waals surface area contributed by atoms with E-state index in [0.29, 0.717) is 19.6 Å². The molecule has 1 aliphatic rings. The highest BCUT2D eigenvalue weighted by Crippen LogP contribution is 2.03. The smallest absolute Gasteiger partial charge is 0.225 e. The third-order valence-corrected chi connectivity index (χ3v) is 2.27. The van der Waals surface area contributed by atoms with E-state index in [1.54, 1.807) is 7.05 Å². The number of nitrogens with zero attached hydrogens (tertiary/aromatic N) is 1. The molecule has 14 heavy (non-hydrogen) atoms. The third-order valence-electron chi connectivity index (χ3n) is 2.27. The van der Waals surface area contributed by atoms with E-state index in [1.165, 1.54) is 4.90 Å². The summed E-state index contributed by atoms with van der Waals surface area (Å²) in [5.74, 6) is 0.0211. The molecular weight excluding hydrogens is 184 g/mol. The van der Waals surface area contributed by atoms with Crippen LogP contribution in [0.1, 0.15) is 6.42 Å². The summed E-state index contributed by atoms with van der Waals surface area (Å²) < 4.78 is 5.40. The number of hydrogen-bond acceptors (Lipinski definition) is 4. The van der Waals surface area contributed by atoms with Gasteiger partial charge in [-0.05, 0) is 0 Å². The van der Waals surface area contributed by atoms with Crippen molar-refractivity contribution in [1.82, 2.24) is 10.2 Å². The number of hydrogen-bond donors (Lipinski definition) is 2. The molecule has 0 saturated carbocycles. The van der Waals surface area contributed by atoms with Gasteiger partial charge in [-0.15, -0.1) is 0 Å². The average molecular weight is 202 g/mol. The van der Waals surface area contributed by atoms with E-state index >= 15 is 0 Å². The zero-order chi connectivity index (χ0) is 10.4. The molecule has 1 heterocycles. The minimum absolute atomic E-state index is 0.00597. The first-order valence-electron chi connectivity index (χ1n) is 4.91. The van der Waals surface area contributed by atoms with E-state index in [-0.39, 0.29) is 18.6 Å². The van der Waals surface area contributed by atoms with Crippen molar-refractivity contribution in [1.29, 1.82) is 0 Å². The summed E-state index contributed by atoms with van der Waals surface area (Å²) in [7, 11) is 1.69. The highest BCUT2D eigenvalue weighted by molar-refractivity contribution is 5.76. The molecule has 0 aromatic carbocycles. The topological polar surface area (TPSA) is 61.8 Å². The lowest BCUT2D eigenvalue weighted by Crippen LogP contribution is -2.42. The number of rotatable bonds is 4. The highest BCUT2D eigenvalue weighted by Gasteiger charge is 2.19. The summed E-state index contributed by atoms with van der Waals surface area (Å²) in [5, 5.41) is 11.8. The maximum atomic E-state index is 11.5. The molecule has 1 fully saturated rings. The molecule has 1 aliphatic heterocycles. The molecule has 0 spiro atoms. The van der Waals surface area contributed by atoms with E-state index in [2.05, 4.69) is 5.32 Å². The van der Waals surface area contributed by atoms with Crippen molar-refractivity contribution in [2.75, 3.05) is 39.9 Å². The van der Waals surface area contributed by atoms with Gasteiger partial charge in [0.25, 0.3) is 0 Å². The second-order valence-electron chi connectivity index (χ2n) is 3.44. The molecule has 1 rings (SSSR count). The van der Waals surface area contributed by atoms with Crippen LogP contribution in [-0.4, -0.2) is 61.9 Å². The van der Waals surface area contributed by atoms with Crippen molar-refractivity contribution in [2.24, 2.45) is 0 Å². The van der Waals surface area contributed by atoms with Gasteiger partial charge in [0, 0.05) is 26.7 Å². The first-order valence-corrected chi connectivity index (χ1v) is 4.91. The first kappa shape index (κ1) is 11.4. The molecule has 0 aliphatic carbocycles. The normalized spacial score (nSPS) is 22.0. The molecule has 1 unspecified atom stereocenters. The molecule has 0 aromatic rings. The number of ether oxygens (including phenoxy) is 1. The van der Waals surface area contributed by atoms with E-state index in [4.69, 9.17) is 9.84 Å². The van der Waals surface area contributed by atoms with Crippen LogP contribution in [0.25, 0.3) is 0 Å². The molecule has 5 heteroatoms. The summed E-state index contributed by atoms with van der Waals surface area (Å²) in [5.41, 5.74) is 0. The standard InChI is InChI=1S/C9H18N2O3/c1-11(3-4-12)9(13)6-8-7-10-2-5-14-8/h8,10,12H,2-7H2,1H3. The van der Waals surface area contributed by atoms with Crippen LogP contribution in [0.5, 0.6) is 0 Å². The van der Waals surface area contributed by atoms with Crippen molar-refractivity contribution in [3.63, 3.8) is 0 Å². The van der Waals surface area contributed by atoms with Crippen molar-refractivity contribution >= 4 is 5.91 Å². The number of carbonyl (C=O) groups excluding carboxylic acids is 1. The molecule has 5 nitrogen and oxygen atoms in total. The minimum Gasteiger partial charge on any atom is -0.395 e. The van der Waals surface area contributed by atoms with Crippen LogP contribution in [0.2, 0.25) is 0 Å². The fraction of sp³-hybridized carbons (Fsp3) is 0.889. The van der Waals surface area contributed by atoms with E-state index in [0.717, 1.165) is 13.1 Å². The van der Waals surface area contributed by atoms with Crippen molar-refractivity contribution in [3.05, 3.63) is 0 Å². The van der Waals surface area contributed by atoms with Gasteiger partial charge in [-0.3, -0.25) is 4.79 Å². The Morgan fingerprint density at radius 3 is 3.07 bits per heavy atom. The Labute approximate surface area is 84.0 Å². The molecule has 0 bridgehead atoms. The van der Waals surface area contributed by atoms with Crippen LogP contribution in [0.15, 0.2) is 0 Å². The van der Waals surface area contributed by atoms with Crippen LogP contribution in [-0.2, 0) is 9.53 Å². The van der Waals surface area contributed by atoms with Gasteiger partial charge in [-0.25, -0.2) is 0 Å². The van der Waals surface area contributed by atoms with Crippen LogP contribution < -0.4 is 5.32 Å². The number of morpholine rings is 1. The number of aliphatic hydroxyl groups excluding tert-OH is 1. The van der Waals surface area contributed by atoms with Crippen LogP contribution in [0.3, 0.4) is 0 Å². The molecule has 0 radical (unpaired) electrons. The number of carbonyl (C=O) groups is 1. The lowest BCUT2D eigenvalue weighted by Gasteiger charge is -2.25. The van der Waals surface area contributed by atoms with Gasteiger partial charge in [0.1, 0.15) is 0 Å². The predicted octanol–water partition coefficient (Wildman–Crippen LogP) is -1.18. The SMILES string of the molecule is CN(CCO)C(=O)CC1CNCCO1. The van der Waals surface area contributed by atoms with Crippen molar-refractivity contribution in [2.45, 2.75) is 12.5 Å². The second kappa shape index (κ2) is 5.95. The number of aliphatic hydroxyl groups is 1. The van der Waals surface area contributed by atoms with Gasteiger partial charge >= 0.3 is 0 Å². The molecule has 0 aromatic heterocycles. The van der Waals surface area contributed by atoms with E-state index < -0.39 is 0 Å². The van der Waals surface area contributed by atoms with Crippen molar-refractivity contribution < 1.29 is 14.6 Å². The molecule has 2 N–H and O–H groups in total. The van der Waals surface area contributed by atoms with Gasteiger partial charge in [-0.2, -0.15) is 0 Å². The molecule has 1 amide bonds. The summed E-state index contributed by atoms with van der Waals surface area (Å²) in [6, 6.07) is 0. The summed E-state index contributed by atoms with van der Waals surface area (Å²) in [6.07, 6.45) is 0.376. The van der Waals surface area contributed by atoms with Gasteiger partial charge < -0.3 is 20.1 Å². The Morgan fingerprint density at radius 2 is 2.50 bits per heavy atom. The largest absolute Gasteiger partial charge is 0.395 e. The third kappa shape index (κ3) is 3.61. The Balaban J connectivity index is 2.24. The zero-order valence-electron chi connectivity index (χ0n) is 8.53. The fourth-order valence-electron chi connectivity index (χ4n) is 1.38. The highest BCUT2D eigenvalue weighted by atomic mass is 16.5. The monoisotopic (exact) mass is 202 g/mol. The minimum atomic E-state index is -0.0163. The molecule has 1 saturated heterocycles. The Morgan fingerprint density at radius 1 is 1.71 bits per heavy atom. The maximum Gasteiger partial charge on any atom is 0.225 e. The van der Waals surface area contributed by atoms with Gasteiger partial charge in [-0.1, -0.05) is 0 Å². The van der Waals surface area contributed by atoms with E-state index in [1.807, 2.05) is 0 Å². The molecule has 1 atom stereocenters. The van der Waals surface area contributed by atoms with Crippen LogP contribution >= 0.6 is 0 Å². The second-order valence-corrected chi connectivity index (χ2v) is 3.44. The fourth-order valence-corrected chi connectivity index (χ4v) is 1.38. The Hall–Kier alpha value is -0.650. The quantitative estimate of drug-likeness (QED) is 0.602. The zero-order valence-corrected chi connectivity index (χ0v) is 8.53. The van der Waals surface area contributed by atoms with Gasteiger partial charge in [0.2, 0.25) is 5.91 Å². The van der Waals surface area contributed by atoms with Crippen molar-refractivity contribution in [3.8, 4) is 0 Å². The predicted molar refractivity (Wildman–Crippen MR) is 51.9 cm³/mol. The molecule has 82 valence electrons. The van der Waals surface area contributed by atoms with E-state index in [9.17, 15) is 4.79 Å². The lowest BCUT2D eigenvalue weighted by molar-refractivity contribution is -0.133. The summed E-state index contributed by atoms with van der Waals surface area (Å²) in [4.78, 5) is 13.0. The molecular formula is C9H18N2O3. The summed E-state index contributed by atoms with van der Waals surface area (Å²) >= 11 is 0.